The first-order chi connectivity index (χ1) is 14.4. The molecule has 3 N–H and O–H groups in total. The predicted octanol–water partition coefficient (Wildman–Crippen LogP) is 3.85. The fraction of sp³-hybridized carbons (Fsp3) is 0.111. The molecule has 0 saturated heterocycles. The molecule has 0 aliphatic carbocycles. The van der Waals surface area contributed by atoms with Crippen LogP contribution in [0.25, 0.3) is 22.3 Å². The van der Waals surface area contributed by atoms with Gasteiger partial charge in [-0.25, -0.2) is 0 Å². The fourth-order valence-electron chi connectivity index (χ4n) is 3.74. The van der Waals surface area contributed by atoms with Crippen LogP contribution in [0.4, 0.5) is 24.5 Å². The lowest BCUT2D eigenvalue weighted by Crippen LogP contribution is -2.14. The summed E-state index contributed by atoms with van der Waals surface area (Å²) in [5.41, 5.74) is -0.0800. The Hall–Kier alpha value is -4.09. The summed E-state index contributed by atoms with van der Waals surface area (Å²) in [5.74, 6) is -1.54. The van der Waals surface area contributed by atoms with Gasteiger partial charge in [-0.1, -0.05) is 12.1 Å². The van der Waals surface area contributed by atoms with Crippen molar-refractivity contribution in [2.45, 2.75) is 12.1 Å². The Kier molecular flexibility index (Phi) is 3.72. The monoisotopic (exact) mass is 413 g/mol. The van der Waals surface area contributed by atoms with Gasteiger partial charge in [-0.2, -0.15) is 18.4 Å². The highest BCUT2D eigenvalue weighted by molar-refractivity contribution is 6.08. The van der Waals surface area contributed by atoms with E-state index in [-0.39, 0.29) is 28.5 Å². The molecule has 1 aliphatic heterocycles. The normalized spacial score (nSPS) is 16.0. The van der Waals surface area contributed by atoms with Crippen molar-refractivity contribution in [2.24, 2.45) is 5.18 Å². The molecule has 12 heteroatoms. The van der Waals surface area contributed by atoms with Gasteiger partial charge in [0.2, 0.25) is 11.7 Å². The highest BCUT2D eigenvalue weighted by Gasteiger charge is 2.42. The Morgan fingerprint density at radius 3 is 2.67 bits per heavy atom. The molecule has 2 aromatic carbocycles. The summed E-state index contributed by atoms with van der Waals surface area (Å²) in [6.45, 7) is 0. The van der Waals surface area contributed by atoms with Crippen LogP contribution in [-0.4, -0.2) is 31.5 Å². The van der Waals surface area contributed by atoms with Crippen LogP contribution in [0.1, 0.15) is 22.7 Å². The highest BCUT2D eigenvalue weighted by Crippen LogP contribution is 2.47. The Morgan fingerprint density at radius 2 is 1.97 bits per heavy atom. The van der Waals surface area contributed by atoms with Crippen molar-refractivity contribution in [1.82, 2.24) is 25.6 Å². The van der Waals surface area contributed by atoms with Crippen LogP contribution in [0.3, 0.4) is 0 Å². The third-order valence-electron chi connectivity index (χ3n) is 5.01. The molecule has 1 atom stereocenters. The molecule has 1 aliphatic rings. The number of nitrogens with zero attached hydrogens (tertiary/aromatic N) is 4. The van der Waals surface area contributed by atoms with Crippen LogP contribution in [0, 0.1) is 4.91 Å². The number of alkyl halides is 3. The summed E-state index contributed by atoms with van der Waals surface area (Å²) in [4.78, 5) is 27.3. The molecule has 3 heterocycles. The maximum absolute atomic E-state index is 13.3. The topological polar surface area (TPSA) is 129 Å². The summed E-state index contributed by atoms with van der Waals surface area (Å²) in [6, 6.07) is 8.43. The van der Waals surface area contributed by atoms with Gasteiger partial charge in [0, 0.05) is 16.5 Å². The molecule has 9 nitrogen and oxygen atoms in total. The minimum absolute atomic E-state index is 0.0687. The van der Waals surface area contributed by atoms with Crippen LogP contribution in [-0.2, 0) is 11.0 Å². The van der Waals surface area contributed by atoms with Crippen molar-refractivity contribution in [3.8, 4) is 11.4 Å². The van der Waals surface area contributed by atoms with Crippen molar-refractivity contribution in [1.29, 1.82) is 0 Å². The van der Waals surface area contributed by atoms with Crippen molar-refractivity contribution in [2.75, 3.05) is 5.32 Å². The zero-order valence-electron chi connectivity index (χ0n) is 14.8. The molecule has 0 saturated carbocycles. The van der Waals surface area contributed by atoms with Crippen LogP contribution >= 0.6 is 0 Å². The van der Waals surface area contributed by atoms with E-state index >= 15 is 0 Å². The summed E-state index contributed by atoms with van der Waals surface area (Å²) < 4.78 is 40.0. The van der Waals surface area contributed by atoms with Gasteiger partial charge in [-0.3, -0.25) is 4.79 Å². The van der Waals surface area contributed by atoms with Gasteiger partial charge in [0.15, 0.2) is 0 Å². The number of carbonyl (C=O) groups is 1. The van der Waals surface area contributed by atoms with Crippen molar-refractivity contribution >= 4 is 28.2 Å². The molecule has 0 radical (unpaired) electrons. The molecule has 0 spiro atoms. The van der Waals surface area contributed by atoms with Crippen molar-refractivity contribution in [3.05, 3.63) is 58.1 Å². The number of nitroso groups, excluding NO2 is 1. The summed E-state index contributed by atoms with van der Waals surface area (Å²) in [7, 11) is 0. The SMILES string of the molecule is O=Nc1c(C2C(=O)Nc3c2cccc3C(F)(F)F)[nH]c2ccc(-c3nn[nH]n3)cc12. The van der Waals surface area contributed by atoms with Gasteiger partial charge in [-0.05, 0) is 40.2 Å². The number of aromatic nitrogens is 5. The second-order valence-electron chi connectivity index (χ2n) is 6.66. The van der Waals surface area contributed by atoms with Gasteiger partial charge in [0.25, 0.3) is 0 Å². The van der Waals surface area contributed by atoms with E-state index in [2.05, 4.69) is 36.1 Å². The number of anilines is 1. The number of hydrogen-bond donors (Lipinski definition) is 3. The van der Waals surface area contributed by atoms with E-state index in [1.807, 2.05) is 0 Å². The number of fused-ring (bicyclic) bond motifs is 2. The number of para-hydroxylation sites is 1. The molecule has 0 bridgehead atoms. The molecule has 1 unspecified atom stereocenters. The number of H-pyrrole nitrogens is 2. The molecule has 30 heavy (non-hydrogen) atoms. The highest BCUT2D eigenvalue weighted by atomic mass is 19.4. The second-order valence-corrected chi connectivity index (χ2v) is 6.66. The maximum atomic E-state index is 13.3. The van der Waals surface area contributed by atoms with Crippen LogP contribution in [0.5, 0.6) is 0 Å². The van der Waals surface area contributed by atoms with E-state index < -0.39 is 23.6 Å². The number of amides is 1. The molecule has 5 rings (SSSR count). The first-order valence-corrected chi connectivity index (χ1v) is 8.62. The van der Waals surface area contributed by atoms with E-state index in [0.717, 1.165) is 6.07 Å². The molecule has 150 valence electrons. The Bertz CT molecular complexity index is 1310. The largest absolute Gasteiger partial charge is 0.418 e. The zero-order chi connectivity index (χ0) is 21.0. The maximum Gasteiger partial charge on any atom is 0.418 e. The summed E-state index contributed by atoms with van der Waals surface area (Å²) in [5, 5.41) is 19.3. The molecular weight excluding hydrogens is 403 g/mol. The molecule has 2 aromatic heterocycles. The lowest BCUT2D eigenvalue weighted by Gasteiger charge is -2.12. The third-order valence-corrected chi connectivity index (χ3v) is 5.01. The number of aromatic amines is 2. The summed E-state index contributed by atoms with van der Waals surface area (Å²) >= 11 is 0. The quantitative estimate of drug-likeness (QED) is 0.440. The number of carbonyl (C=O) groups excluding carboxylic acids is 1. The van der Waals surface area contributed by atoms with Gasteiger partial charge < -0.3 is 10.3 Å². The van der Waals surface area contributed by atoms with E-state index in [0.29, 0.717) is 16.5 Å². The van der Waals surface area contributed by atoms with Crippen LogP contribution in [0.15, 0.2) is 41.6 Å². The van der Waals surface area contributed by atoms with Gasteiger partial charge in [-0.15, -0.1) is 15.1 Å². The molecule has 1 amide bonds. The average Bonchev–Trinajstić information content (AvgIpc) is 3.42. The van der Waals surface area contributed by atoms with Crippen molar-refractivity contribution in [3.63, 3.8) is 0 Å². The van der Waals surface area contributed by atoms with Crippen molar-refractivity contribution < 1.29 is 18.0 Å². The van der Waals surface area contributed by atoms with Gasteiger partial charge >= 0.3 is 6.18 Å². The lowest BCUT2D eigenvalue weighted by atomic mass is 9.94. The number of halogens is 3. The molecule has 4 aromatic rings. The number of nitrogens with one attached hydrogen (secondary N) is 3. The van der Waals surface area contributed by atoms with E-state index in [4.69, 9.17) is 0 Å². The van der Waals surface area contributed by atoms with Gasteiger partial charge in [0.1, 0.15) is 11.6 Å². The first-order valence-electron chi connectivity index (χ1n) is 8.62. The molecular formula is C18H10F3N7O2. The Morgan fingerprint density at radius 1 is 1.13 bits per heavy atom. The minimum Gasteiger partial charge on any atom is -0.356 e. The number of benzene rings is 2. The smallest absolute Gasteiger partial charge is 0.356 e. The number of tetrazole rings is 1. The minimum atomic E-state index is -4.64. The summed E-state index contributed by atoms with van der Waals surface area (Å²) in [6.07, 6.45) is -4.64. The Balaban J connectivity index is 1.70. The van der Waals surface area contributed by atoms with E-state index in [1.165, 1.54) is 12.1 Å². The van der Waals surface area contributed by atoms with Crippen LogP contribution in [0.2, 0.25) is 0 Å². The van der Waals surface area contributed by atoms with Gasteiger partial charge in [0.05, 0.1) is 16.9 Å². The molecule has 0 fully saturated rings. The fourth-order valence-corrected chi connectivity index (χ4v) is 3.74. The number of hydrogen-bond acceptors (Lipinski definition) is 6. The first kappa shape index (κ1) is 18.0. The lowest BCUT2D eigenvalue weighted by molar-refractivity contribution is -0.136. The number of rotatable bonds is 3. The zero-order valence-corrected chi connectivity index (χ0v) is 14.8. The second kappa shape index (κ2) is 6.20. The van der Waals surface area contributed by atoms with E-state index in [1.54, 1.807) is 18.2 Å². The Labute approximate surface area is 164 Å². The standard InChI is InChI=1S/C18H10F3N7O2/c19-18(20,21)10-3-1-2-8-12(17(29)23-13(8)10)15-14(26-30)9-6-7(4-5-11(9)22-15)16-24-27-28-25-16/h1-6,12,22H,(H,23,29)(H,24,25,27,28). The predicted molar refractivity (Wildman–Crippen MR) is 98.8 cm³/mol. The average molecular weight is 413 g/mol. The van der Waals surface area contributed by atoms with E-state index in [9.17, 15) is 22.9 Å². The van der Waals surface area contributed by atoms with Crippen LogP contribution < -0.4 is 5.32 Å². The third kappa shape index (κ3) is 2.57.